The van der Waals surface area contributed by atoms with Crippen LogP contribution in [-0.2, 0) is 6.67 Å². The van der Waals surface area contributed by atoms with E-state index in [4.69, 9.17) is 18.9 Å². The number of aryl methyl sites for hydroxylation is 2. The molecule has 0 aliphatic heterocycles. The molecule has 26 heavy (non-hydrogen) atoms. The summed E-state index contributed by atoms with van der Waals surface area (Å²) in [6.07, 6.45) is 0.292. The van der Waals surface area contributed by atoms with Crippen molar-refractivity contribution in [3.8, 4) is 23.1 Å². The van der Waals surface area contributed by atoms with Gasteiger partial charge in [0.05, 0.1) is 34.0 Å². The lowest BCUT2D eigenvalue weighted by molar-refractivity contribution is 0.202. The van der Waals surface area contributed by atoms with E-state index in [1.807, 2.05) is 0 Å². The summed E-state index contributed by atoms with van der Waals surface area (Å²) in [5, 5.41) is 11.2. The first-order valence-corrected chi connectivity index (χ1v) is 8.00. The Hall–Kier alpha value is -2.54. The van der Waals surface area contributed by atoms with Gasteiger partial charge >= 0.3 is 0 Å². The van der Waals surface area contributed by atoms with Crippen molar-refractivity contribution < 1.29 is 28.4 Å². The third-order valence-electron chi connectivity index (χ3n) is 4.36. The minimum absolute atomic E-state index is 0.159. The fraction of sp³-hybridized carbons (Fsp3) is 0.421. The Balaban J connectivity index is 2.79. The summed E-state index contributed by atoms with van der Waals surface area (Å²) in [4.78, 5) is 4.17. The lowest BCUT2D eigenvalue weighted by Crippen LogP contribution is -2.12. The summed E-state index contributed by atoms with van der Waals surface area (Å²) >= 11 is 0. The van der Waals surface area contributed by atoms with Crippen LogP contribution >= 0.6 is 0 Å². The number of rotatable bonds is 7. The first-order valence-electron chi connectivity index (χ1n) is 8.00. The van der Waals surface area contributed by atoms with E-state index in [-0.39, 0.29) is 11.4 Å². The molecule has 1 N–H and O–H groups in total. The van der Waals surface area contributed by atoms with Crippen LogP contribution in [-0.4, -0.2) is 38.5 Å². The predicted molar refractivity (Wildman–Crippen MR) is 95.2 cm³/mol. The number of hydrogen-bond donors (Lipinski definition) is 1. The van der Waals surface area contributed by atoms with E-state index >= 15 is 0 Å². The van der Waals surface area contributed by atoms with Gasteiger partial charge in [-0.2, -0.15) is 0 Å². The standard InChI is InChI=1S/C19H24FNO5/c1-10-7-13(23-3)17(24-4)18(25-5)14(10)16(22)15-12(8-20)11(2)9-21-19(15)26-6/h7,9,16,22H,8H2,1-6H3. The molecule has 1 heterocycles. The van der Waals surface area contributed by atoms with Gasteiger partial charge in [0, 0.05) is 11.8 Å². The van der Waals surface area contributed by atoms with Crippen LogP contribution in [0.5, 0.6) is 23.1 Å². The molecule has 0 radical (unpaired) electrons. The van der Waals surface area contributed by atoms with Gasteiger partial charge in [-0.1, -0.05) is 0 Å². The number of alkyl halides is 1. The molecule has 1 aromatic carbocycles. The molecule has 1 atom stereocenters. The molecule has 0 saturated carbocycles. The highest BCUT2D eigenvalue weighted by Gasteiger charge is 2.29. The van der Waals surface area contributed by atoms with Crippen molar-refractivity contribution in [2.45, 2.75) is 26.6 Å². The molecule has 6 nitrogen and oxygen atoms in total. The van der Waals surface area contributed by atoms with Crippen molar-refractivity contribution in [2.75, 3.05) is 28.4 Å². The number of methoxy groups -OCH3 is 4. The molecule has 0 amide bonds. The van der Waals surface area contributed by atoms with Crippen LogP contribution in [0, 0.1) is 13.8 Å². The average molecular weight is 365 g/mol. The molecule has 0 aliphatic rings. The number of aliphatic hydroxyl groups is 1. The van der Waals surface area contributed by atoms with E-state index in [1.54, 1.807) is 19.9 Å². The van der Waals surface area contributed by atoms with Crippen LogP contribution in [0.2, 0.25) is 0 Å². The summed E-state index contributed by atoms with van der Waals surface area (Å²) in [6, 6.07) is 1.73. The second-order valence-corrected chi connectivity index (χ2v) is 5.75. The molecular formula is C19H24FNO5. The monoisotopic (exact) mass is 365 g/mol. The van der Waals surface area contributed by atoms with E-state index in [2.05, 4.69) is 4.98 Å². The number of hydrogen-bond acceptors (Lipinski definition) is 6. The molecule has 1 unspecified atom stereocenters. The molecule has 1 aromatic heterocycles. The Morgan fingerprint density at radius 1 is 0.962 bits per heavy atom. The highest BCUT2D eigenvalue weighted by molar-refractivity contribution is 5.62. The number of ether oxygens (including phenoxy) is 4. The maximum Gasteiger partial charge on any atom is 0.219 e. The number of benzene rings is 1. The van der Waals surface area contributed by atoms with E-state index in [9.17, 15) is 9.50 Å². The highest BCUT2D eigenvalue weighted by atomic mass is 19.1. The minimum Gasteiger partial charge on any atom is -0.493 e. The maximum absolute atomic E-state index is 13.7. The largest absolute Gasteiger partial charge is 0.493 e. The van der Waals surface area contributed by atoms with Gasteiger partial charge in [-0.3, -0.25) is 0 Å². The van der Waals surface area contributed by atoms with Crippen molar-refractivity contribution in [3.05, 3.63) is 40.1 Å². The summed E-state index contributed by atoms with van der Waals surface area (Å²) in [6.45, 7) is 2.77. The molecule has 0 bridgehead atoms. The third-order valence-corrected chi connectivity index (χ3v) is 4.36. The molecule has 0 spiro atoms. The molecule has 2 rings (SSSR count). The fourth-order valence-electron chi connectivity index (χ4n) is 3.05. The number of aromatic nitrogens is 1. The number of aliphatic hydroxyl groups excluding tert-OH is 1. The van der Waals surface area contributed by atoms with Crippen LogP contribution in [0.3, 0.4) is 0 Å². The van der Waals surface area contributed by atoms with Gasteiger partial charge in [0.25, 0.3) is 0 Å². The number of halogens is 1. The summed E-state index contributed by atoms with van der Waals surface area (Å²) in [7, 11) is 5.89. The summed E-state index contributed by atoms with van der Waals surface area (Å²) in [5.41, 5.74) is 2.36. The van der Waals surface area contributed by atoms with Gasteiger partial charge in [-0.05, 0) is 36.6 Å². The van der Waals surface area contributed by atoms with E-state index < -0.39 is 12.8 Å². The lowest BCUT2D eigenvalue weighted by Gasteiger charge is -2.24. The number of nitrogens with zero attached hydrogens (tertiary/aromatic N) is 1. The Kier molecular flexibility index (Phi) is 6.26. The second kappa shape index (κ2) is 8.23. The Morgan fingerprint density at radius 2 is 1.62 bits per heavy atom. The highest BCUT2D eigenvalue weighted by Crippen LogP contribution is 2.47. The summed E-state index contributed by atoms with van der Waals surface area (Å²) in [5.74, 6) is 1.28. The first kappa shape index (κ1) is 19.8. The van der Waals surface area contributed by atoms with Crippen molar-refractivity contribution in [2.24, 2.45) is 0 Å². The van der Waals surface area contributed by atoms with Crippen LogP contribution in [0.4, 0.5) is 4.39 Å². The zero-order valence-electron chi connectivity index (χ0n) is 15.8. The van der Waals surface area contributed by atoms with Crippen molar-refractivity contribution in [1.82, 2.24) is 4.98 Å². The van der Waals surface area contributed by atoms with Gasteiger partial charge < -0.3 is 24.1 Å². The van der Waals surface area contributed by atoms with Gasteiger partial charge in [-0.15, -0.1) is 0 Å². The summed E-state index contributed by atoms with van der Waals surface area (Å²) < 4.78 is 35.2. The van der Waals surface area contributed by atoms with Crippen molar-refractivity contribution in [1.29, 1.82) is 0 Å². The second-order valence-electron chi connectivity index (χ2n) is 5.75. The quantitative estimate of drug-likeness (QED) is 0.812. The molecule has 7 heteroatoms. The minimum atomic E-state index is -1.22. The molecule has 0 aliphatic carbocycles. The smallest absolute Gasteiger partial charge is 0.219 e. The zero-order chi connectivity index (χ0) is 19.4. The van der Waals surface area contributed by atoms with Crippen LogP contribution in [0.15, 0.2) is 12.3 Å². The lowest BCUT2D eigenvalue weighted by atomic mass is 9.92. The van der Waals surface area contributed by atoms with Crippen LogP contribution < -0.4 is 18.9 Å². The average Bonchev–Trinajstić information content (AvgIpc) is 2.65. The van der Waals surface area contributed by atoms with Gasteiger partial charge in [0.2, 0.25) is 11.6 Å². The molecular weight excluding hydrogens is 341 g/mol. The van der Waals surface area contributed by atoms with E-state index in [1.165, 1.54) is 34.6 Å². The van der Waals surface area contributed by atoms with Crippen LogP contribution in [0.25, 0.3) is 0 Å². The zero-order valence-corrected chi connectivity index (χ0v) is 15.8. The fourth-order valence-corrected chi connectivity index (χ4v) is 3.05. The molecule has 2 aromatic rings. The van der Waals surface area contributed by atoms with Gasteiger partial charge in [0.1, 0.15) is 12.8 Å². The topological polar surface area (TPSA) is 70.0 Å². The SMILES string of the molecule is COc1cc(C)c(C(O)c2c(OC)ncc(C)c2CF)c(OC)c1OC. The van der Waals surface area contributed by atoms with Crippen molar-refractivity contribution >= 4 is 0 Å². The van der Waals surface area contributed by atoms with E-state index in [0.29, 0.717) is 39.5 Å². The normalized spacial score (nSPS) is 11.8. The Labute approximate surface area is 152 Å². The predicted octanol–water partition coefficient (Wildman–Crippen LogP) is 3.28. The van der Waals surface area contributed by atoms with E-state index in [0.717, 1.165) is 0 Å². The number of pyridine rings is 1. The third kappa shape index (κ3) is 3.26. The van der Waals surface area contributed by atoms with Crippen molar-refractivity contribution in [3.63, 3.8) is 0 Å². The Bertz CT molecular complexity index is 794. The molecule has 0 fully saturated rings. The molecule has 142 valence electrons. The molecule has 0 saturated heterocycles. The van der Waals surface area contributed by atoms with Gasteiger partial charge in [0.15, 0.2) is 11.5 Å². The van der Waals surface area contributed by atoms with Gasteiger partial charge in [-0.25, -0.2) is 9.37 Å². The first-order chi connectivity index (χ1) is 12.4. The van der Waals surface area contributed by atoms with Crippen LogP contribution in [0.1, 0.15) is 33.9 Å². The Morgan fingerprint density at radius 3 is 2.12 bits per heavy atom. The maximum atomic E-state index is 13.7.